The molecule has 2 heteroatoms. The fourth-order valence-electron chi connectivity index (χ4n) is 1.37. The number of hydrogen-bond acceptors (Lipinski definition) is 1. The molecular formula is C11H11ClS. The van der Waals surface area contributed by atoms with Gasteiger partial charge in [0.05, 0.1) is 5.02 Å². The Balaban J connectivity index is 2.63. The van der Waals surface area contributed by atoms with Crippen LogP contribution in [-0.4, -0.2) is 0 Å². The van der Waals surface area contributed by atoms with Gasteiger partial charge in [0.25, 0.3) is 0 Å². The summed E-state index contributed by atoms with van der Waals surface area (Å²) < 4.78 is 1.29. The van der Waals surface area contributed by atoms with Gasteiger partial charge in [0.1, 0.15) is 0 Å². The lowest BCUT2D eigenvalue weighted by Gasteiger charge is -2.04. The van der Waals surface area contributed by atoms with E-state index in [9.17, 15) is 0 Å². The van der Waals surface area contributed by atoms with Crippen molar-refractivity contribution in [1.82, 2.24) is 0 Å². The second kappa shape index (κ2) is 3.32. The van der Waals surface area contributed by atoms with E-state index < -0.39 is 0 Å². The minimum atomic E-state index is 0.588. The lowest BCUT2D eigenvalue weighted by molar-refractivity contribution is 0.869. The Morgan fingerprint density at radius 1 is 1.31 bits per heavy atom. The van der Waals surface area contributed by atoms with E-state index in [1.807, 2.05) is 5.38 Å². The summed E-state index contributed by atoms with van der Waals surface area (Å²) in [5.74, 6) is 0.588. The molecule has 0 aliphatic rings. The summed E-state index contributed by atoms with van der Waals surface area (Å²) in [5.41, 5.74) is 1.38. The molecule has 0 unspecified atom stereocenters. The quantitative estimate of drug-likeness (QED) is 0.641. The normalized spacial score (nSPS) is 11.4. The Morgan fingerprint density at radius 2 is 2.08 bits per heavy atom. The van der Waals surface area contributed by atoms with E-state index in [1.165, 1.54) is 15.6 Å². The summed E-state index contributed by atoms with van der Waals surface area (Å²) >= 11 is 7.73. The van der Waals surface area contributed by atoms with Crippen LogP contribution in [0.3, 0.4) is 0 Å². The Morgan fingerprint density at radius 3 is 2.77 bits per heavy atom. The smallest absolute Gasteiger partial charge is 0.0591 e. The van der Waals surface area contributed by atoms with Crippen molar-refractivity contribution in [1.29, 1.82) is 0 Å². The maximum absolute atomic E-state index is 6.01. The number of fused-ring (bicyclic) bond motifs is 1. The van der Waals surface area contributed by atoms with E-state index in [4.69, 9.17) is 11.6 Å². The summed E-state index contributed by atoms with van der Waals surface area (Å²) in [5, 5.41) is 4.04. The third-order valence-corrected chi connectivity index (χ3v) is 3.61. The predicted octanol–water partition coefficient (Wildman–Crippen LogP) is 4.68. The summed E-state index contributed by atoms with van der Waals surface area (Å²) in [6.07, 6.45) is 0. The van der Waals surface area contributed by atoms with Gasteiger partial charge in [-0.25, -0.2) is 0 Å². The standard InChI is InChI=1S/C11H11ClS/c1-7(2)8-3-4-9-10(12)6-13-11(9)5-8/h3-7H,1-2H3. The van der Waals surface area contributed by atoms with Crippen LogP contribution in [0.5, 0.6) is 0 Å². The van der Waals surface area contributed by atoms with Gasteiger partial charge in [-0.2, -0.15) is 0 Å². The molecule has 0 saturated heterocycles. The van der Waals surface area contributed by atoms with Gasteiger partial charge >= 0.3 is 0 Å². The van der Waals surface area contributed by atoms with E-state index in [2.05, 4.69) is 32.0 Å². The molecule has 0 spiro atoms. The zero-order chi connectivity index (χ0) is 9.42. The zero-order valence-electron chi connectivity index (χ0n) is 7.67. The molecule has 1 aromatic carbocycles. The predicted molar refractivity (Wildman–Crippen MR) is 60.9 cm³/mol. The molecule has 13 heavy (non-hydrogen) atoms. The van der Waals surface area contributed by atoms with Crippen LogP contribution in [0.4, 0.5) is 0 Å². The molecule has 0 atom stereocenters. The van der Waals surface area contributed by atoms with Gasteiger partial charge in [-0.1, -0.05) is 37.6 Å². The van der Waals surface area contributed by atoms with E-state index in [0.717, 1.165) is 5.02 Å². The fourth-order valence-corrected chi connectivity index (χ4v) is 2.59. The summed E-state index contributed by atoms with van der Waals surface area (Å²) in [7, 11) is 0. The van der Waals surface area contributed by atoms with Gasteiger partial charge < -0.3 is 0 Å². The largest absolute Gasteiger partial charge is 0.142 e. The maximum Gasteiger partial charge on any atom is 0.0591 e. The number of benzene rings is 1. The van der Waals surface area contributed by atoms with Crippen LogP contribution in [0.1, 0.15) is 25.3 Å². The highest BCUT2D eigenvalue weighted by Crippen LogP contribution is 2.31. The number of halogens is 1. The Hall–Kier alpha value is -0.530. The second-order valence-corrected chi connectivity index (χ2v) is 4.81. The van der Waals surface area contributed by atoms with Crippen molar-refractivity contribution >= 4 is 33.0 Å². The van der Waals surface area contributed by atoms with Crippen LogP contribution < -0.4 is 0 Å². The number of rotatable bonds is 1. The maximum atomic E-state index is 6.01. The van der Waals surface area contributed by atoms with Crippen molar-refractivity contribution in [3.63, 3.8) is 0 Å². The molecule has 0 N–H and O–H groups in total. The van der Waals surface area contributed by atoms with Gasteiger partial charge in [-0.05, 0) is 17.5 Å². The topological polar surface area (TPSA) is 0 Å². The average molecular weight is 211 g/mol. The van der Waals surface area contributed by atoms with Crippen molar-refractivity contribution in [3.05, 3.63) is 34.2 Å². The lowest BCUT2D eigenvalue weighted by Crippen LogP contribution is -1.84. The first kappa shape index (κ1) is 9.04. The molecule has 1 aromatic heterocycles. The lowest BCUT2D eigenvalue weighted by atomic mass is 10.0. The third kappa shape index (κ3) is 1.59. The van der Waals surface area contributed by atoms with Gasteiger partial charge in [-0.3, -0.25) is 0 Å². The fraction of sp³-hybridized carbons (Fsp3) is 0.273. The zero-order valence-corrected chi connectivity index (χ0v) is 9.25. The Kier molecular flexibility index (Phi) is 2.31. The average Bonchev–Trinajstić information content (AvgIpc) is 2.47. The molecule has 0 saturated carbocycles. The highest BCUT2D eigenvalue weighted by Gasteiger charge is 2.04. The Bertz CT molecular complexity index is 429. The van der Waals surface area contributed by atoms with E-state index in [-0.39, 0.29) is 0 Å². The van der Waals surface area contributed by atoms with Crippen molar-refractivity contribution < 1.29 is 0 Å². The van der Waals surface area contributed by atoms with E-state index in [1.54, 1.807) is 11.3 Å². The molecular weight excluding hydrogens is 200 g/mol. The first-order valence-electron chi connectivity index (χ1n) is 4.35. The summed E-state index contributed by atoms with van der Waals surface area (Å²) in [6, 6.07) is 6.51. The summed E-state index contributed by atoms with van der Waals surface area (Å²) in [4.78, 5) is 0. The first-order chi connectivity index (χ1) is 6.18. The SMILES string of the molecule is CC(C)c1ccc2c(Cl)csc2c1. The van der Waals surface area contributed by atoms with Crippen LogP contribution in [-0.2, 0) is 0 Å². The van der Waals surface area contributed by atoms with Crippen LogP contribution >= 0.6 is 22.9 Å². The van der Waals surface area contributed by atoms with Gasteiger partial charge in [0.2, 0.25) is 0 Å². The molecule has 0 nitrogen and oxygen atoms in total. The molecule has 0 radical (unpaired) electrons. The van der Waals surface area contributed by atoms with Crippen molar-refractivity contribution in [2.45, 2.75) is 19.8 Å². The molecule has 0 aliphatic heterocycles. The molecule has 0 aliphatic carbocycles. The Labute approximate surface area is 87.2 Å². The molecule has 2 rings (SSSR count). The molecule has 0 amide bonds. The molecule has 0 fully saturated rings. The van der Waals surface area contributed by atoms with Gasteiger partial charge in [0, 0.05) is 15.5 Å². The third-order valence-electron chi connectivity index (χ3n) is 2.22. The van der Waals surface area contributed by atoms with Crippen molar-refractivity contribution in [2.24, 2.45) is 0 Å². The van der Waals surface area contributed by atoms with E-state index >= 15 is 0 Å². The monoisotopic (exact) mass is 210 g/mol. The van der Waals surface area contributed by atoms with Crippen LogP contribution in [0.25, 0.3) is 10.1 Å². The van der Waals surface area contributed by atoms with E-state index in [0.29, 0.717) is 5.92 Å². The number of thiophene rings is 1. The van der Waals surface area contributed by atoms with Crippen molar-refractivity contribution in [3.8, 4) is 0 Å². The van der Waals surface area contributed by atoms with Gasteiger partial charge in [0.15, 0.2) is 0 Å². The van der Waals surface area contributed by atoms with Gasteiger partial charge in [-0.15, -0.1) is 11.3 Å². The first-order valence-corrected chi connectivity index (χ1v) is 5.61. The second-order valence-electron chi connectivity index (χ2n) is 3.49. The molecule has 1 heterocycles. The molecule has 0 bridgehead atoms. The summed E-state index contributed by atoms with van der Waals surface area (Å²) in [6.45, 7) is 4.41. The van der Waals surface area contributed by atoms with Crippen molar-refractivity contribution in [2.75, 3.05) is 0 Å². The highest BCUT2D eigenvalue weighted by atomic mass is 35.5. The minimum Gasteiger partial charge on any atom is -0.142 e. The van der Waals surface area contributed by atoms with Crippen LogP contribution in [0, 0.1) is 0 Å². The minimum absolute atomic E-state index is 0.588. The van der Waals surface area contributed by atoms with Crippen LogP contribution in [0.15, 0.2) is 23.6 Å². The highest BCUT2D eigenvalue weighted by molar-refractivity contribution is 7.17. The van der Waals surface area contributed by atoms with Crippen LogP contribution in [0.2, 0.25) is 5.02 Å². The number of hydrogen-bond donors (Lipinski definition) is 0. The molecule has 68 valence electrons. The molecule has 2 aromatic rings.